The molecular formula is C9H6ClF3N2O2S. The van der Waals surface area contributed by atoms with Gasteiger partial charge in [0.05, 0.1) is 0 Å². The molecule has 98 valence electrons. The van der Waals surface area contributed by atoms with Crippen molar-refractivity contribution >= 4 is 25.4 Å². The highest BCUT2D eigenvalue weighted by Gasteiger charge is 2.41. The summed E-state index contributed by atoms with van der Waals surface area (Å²) in [5.74, 6) is 0. The molecule has 0 atom stereocenters. The van der Waals surface area contributed by atoms with Gasteiger partial charge in [0.25, 0.3) is 9.05 Å². The van der Waals surface area contributed by atoms with Crippen LogP contribution in [0.1, 0.15) is 11.3 Å². The summed E-state index contributed by atoms with van der Waals surface area (Å²) in [7, 11) is 0.490. The highest BCUT2D eigenvalue weighted by Crippen LogP contribution is 2.35. The van der Waals surface area contributed by atoms with Crippen molar-refractivity contribution in [3.8, 4) is 0 Å². The average Bonchev–Trinajstić information content (AvgIpc) is 2.54. The first-order valence-electron chi connectivity index (χ1n) is 4.61. The Bertz CT molecular complexity index is 721. The van der Waals surface area contributed by atoms with E-state index in [0.717, 1.165) is 4.40 Å². The van der Waals surface area contributed by atoms with Crippen molar-refractivity contribution in [1.29, 1.82) is 0 Å². The van der Waals surface area contributed by atoms with Crippen LogP contribution in [0.15, 0.2) is 23.4 Å². The molecule has 4 nitrogen and oxygen atoms in total. The van der Waals surface area contributed by atoms with Crippen LogP contribution in [0.25, 0.3) is 5.65 Å². The van der Waals surface area contributed by atoms with E-state index in [2.05, 4.69) is 4.98 Å². The topological polar surface area (TPSA) is 51.4 Å². The van der Waals surface area contributed by atoms with E-state index in [1.807, 2.05) is 0 Å². The second-order valence-electron chi connectivity index (χ2n) is 3.64. The monoisotopic (exact) mass is 298 g/mol. The third-order valence-corrected chi connectivity index (χ3v) is 3.51. The number of alkyl halides is 3. The van der Waals surface area contributed by atoms with Crippen LogP contribution in [-0.2, 0) is 15.2 Å². The van der Waals surface area contributed by atoms with E-state index < -0.39 is 25.9 Å². The average molecular weight is 299 g/mol. The van der Waals surface area contributed by atoms with Gasteiger partial charge in [0, 0.05) is 16.9 Å². The van der Waals surface area contributed by atoms with Crippen LogP contribution in [0.4, 0.5) is 13.2 Å². The largest absolute Gasteiger partial charge is 0.436 e. The molecular weight excluding hydrogens is 293 g/mol. The minimum Gasteiger partial charge on any atom is -0.289 e. The van der Waals surface area contributed by atoms with Gasteiger partial charge in [-0.15, -0.1) is 0 Å². The fraction of sp³-hybridized carbons (Fsp3) is 0.222. The number of hydrogen-bond acceptors (Lipinski definition) is 3. The molecule has 0 radical (unpaired) electrons. The first kappa shape index (κ1) is 13.2. The van der Waals surface area contributed by atoms with Crippen molar-refractivity contribution in [1.82, 2.24) is 9.38 Å². The molecule has 0 saturated heterocycles. The lowest BCUT2D eigenvalue weighted by Crippen LogP contribution is -2.11. The fourth-order valence-corrected chi connectivity index (χ4v) is 2.76. The molecule has 2 aromatic rings. The van der Waals surface area contributed by atoms with Gasteiger partial charge in [0.15, 0.2) is 10.7 Å². The Hall–Kier alpha value is -1.28. The summed E-state index contributed by atoms with van der Waals surface area (Å²) < 4.78 is 61.6. The molecule has 9 heteroatoms. The zero-order chi connectivity index (χ0) is 13.7. The molecule has 2 aromatic heterocycles. The number of halogens is 4. The molecule has 0 bridgehead atoms. The smallest absolute Gasteiger partial charge is 0.289 e. The zero-order valence-electron chi connectivity index (χ0n) is 8.86. The summed E-state index contributed by atoms with van der Waals surface area (Å²) in [6, 6.07) is 2.81. The number of nitrogens with zero attached hydrogens (tertiary/aromatic N) is 2. The van der Waals surface area contributed by atoms with Crippen molar-refractivity contribution in [2.75, 3.05) is 0 Å². The molecule has 2 heterocycles. The molecule has 18 heavy (non-hydrogen) atoms. The van der Waals surface area contributed by atoms with Crippen LogP contribution in [0.5, 0.6) is 0 Å². The molecule has 0 spiro atoms. The normalized spacial score (nSPS) is 13.2. The predicted molar refractivity (Wildman–Crippen MR) is 58.0 cm³/mol. The molecule has 0 fully saturated rings. The van der Waals surface area contributed by atoms with Gasteiger partial charge in [-0.2, -0.15) is 13.2 Å². The number of pyridine rings is 1. The minimum atomic E-state index is -4.89. The van der Waals surface area contributed by atoms with E-state index in [-0.39, 0.29) is 5.65 Å². The summed E-state index contributed by atoms with van der Waals surface area (Å²) in [5.41, 5.74) is -1.06. The molecule has 0 aliphatic heterocycles. The molecule has 0 aromatic carbocycles. The van der Waals surface area contributed by atoms with Crippen LogP contribution in [-0.4, -0.2) is 17.8 Å². The van der Waals surface area contributed by atoms with Crippen LogP contribution in [0, 0.1) is 6.92 Å². The number of aromatic nitrogens is 2. The molecule has 0 N–H and O–H groups in total. The van der Waals surface area contributed by atoms with Crippen molar-refractivity contribution in [3.05, 3.63) is 29.6 Å². The highest BCUT2D eigenvalue weighted by molar-refractivity contribution is 8.13. The van der Waals surface area contributed by atoms with Gasteiger partial charge in [-0.05, 0) is 18.6 Å². The van der Waals surface area contributed by atoms with Crippen LogP contribution < -0.4 is 0 Å². The lowest BCUT2D eigenvalue weighted by molar-refractivity contribution is -0.143. The third kappa shape index (κ3) is 2.17. The Morgan fingerprint density at radius 3 is 2.44 bits per heavy atom. The standard InChI is InChI=1S/C9H6ClF3N2O2S/c1-5-2-3-6-14-7(9(11,12)13)8(15(6)4-5)18(10,16)17/h2-4H,1H3. The van der Waals surface area contributed by atoms with Gasteiger partial charge >= 0.3 is 6.18 Å². The number of hydrogen-bond donors (Lipinski definition) is 0. The second-order valence-corrected chi connectivity index (χ2v) is 6.12. The third-order valence-electron chi connectivity index (χ3n) is 2.22. The van der Waals surface area contributed by atoms with Crippen molar-refractivity contribution < 1.29 is 21.6 Å². The maximum absolute atomic E-state index is 12.7. The summed E-state index contributed by atoms with van der Waals surface area (Å²) in [6.45, 7) is 1.61. The maximum atomic E-state index is 12.7. The number of aryl methyl sites for hydroxylation is 1. The summed E-state index contributed by atoms with van der Waals surface area (Å²) in [5, 5.41) is -1.06. The summed E-state index contributed by atoms with van der Waals surface area (Å²) in [4.78, 5) is 3.27. The van der Waals surface area contributed by atoms with E-state index in [4.69, 9.17) is 10.7 Å². The number of imidazole rings is 1. The van der Waals surface area contributed by atoms with Crippen LogP contribution >= 0.6 is 10.7 Å². The number of fused-ring (bicyclic) bond motifs is 1. The van der Waals surface area contributed by atoms with Crippen molar-refractivity contribution in [2.45, 2.75) is 18.1 Å². The lowest BCUT2D eigenvalue weighted by Gasteiger charge is -2.04. The van der Waals surface area contributed by atoms with Gasteiger partial charge in [-0.1, -0.05) is 6.07 Å². The summed E-state index contributed by atoms with van der Waals surface area (Å²) in [6.07, 6.45) is -3.66. The predicted octanol–water partition coefficient (Wildman–Crippen LogP) is 2.59. The first-order chi connectivity index (χ1) is 8.10. The van der Waals surface area contributed by atoms with Crippen molar-refractivity contribution in [3.63, 3.8) is 0 Å². The Morgan fingerprint density at radius 1 is 1.33 bits per heavy atom. The Labute approximate surface area is 104 Å². The second kappa shape index (κ2) is 3.86. The fourth-order valence-electron chi connectivity index (χ4n) is 1.55. The highest BCUT2D eigenvalue weighted by atomic mass is 35.7. The van der Waals surface area contributed by atoms with Gasteiger partial charge in [0.1, 0.15) is 5.65 Å². The minimum absolute atomic E-state index is 0.132. The molecule has 0 unspecified atom stereocenters. The molecule has 2 rings (SSSR count). The van der Waals surface area contributed by atoms with E-state index in [1.165, 1.54) is 18.3 Å². The van der Waals surface area contributed by atoms with Gasteiger partial charge in [-0.25, -0.2) is 13.4 Å². The Kier molecular flexibility index (Phi) is 2.82. The van der Waals surface area contributed by atoms with E-state index >= 15 is 0 Å². The van der Waals surface area contributed by atoms with Gasteiger partial charge < -0.3 is 0 Å². The van der Waals surface area contributed by atoms with E-state index in [1.54, 1.807) is 6.92 Å². The van der Waals surface area contributed by atoms with Crippen LogP contribution in [0.3, 0.4) is 0 Å². The zero-order valence-corrected chi connectivity index (χ0v) is 10.4. The van der Waals surface area contributed by atoms with E-state index in [9.17, 15) is 21.6 Å². The maximum Gasteiger partial charge on any atom is 0.436 e. The molecule has 0 aliphatic rings. The molecule has 0 aliphatic carbocycles. The number of rotatable bonds is 1. The first-order valence-corrected chi connectivity index (χ1v) is 6.92. The van der Waals surface area contributed by atoms with Gasteiger partial charge in [0.2, 0.25) is 0 Å². The SMILES string of the molecule is Cc1ccc2nc(C(F)(F)F)c(S(=O)(=O)Cl)n2c1. The van der Waals surface area contributed by atoms with E-state index in [0.29, 0.717) is 5.56 Å². The van der Waals surface area contributed by atoms with Crippen LogP contribution in [0.2, 0.25) is 0 Å². The quantitative estimate of drug-likeness (QED) is 0.760. The molecule has 0 amide bonds. The van der Waals surface area contributed by atoms with Crippen molar-refractivity contribution in [2.24, 2.45) is 0 Å². The summed E-state index contributed by atoms with van der Waals surface area (Å²) >= 11 is 0. The molecule has 0 saturated carbocycles. The Morgan fingerprint density at radius 2 is 1.94 bits per heavy atom. The van der Waals surface area contributed by atoms with Gasteiger partial charge in [-0.3, -0.25) is 4.40 Å². The Balaban J connectivity index is 2.96. The lowest BCUT2D eigenvalue weighted by atomic mass is 10.3.